The van der Waals surface area contributed by atoms with Crippen LogP contribution in [0.1, 0.15) is 23.1 Å². The monoisotopic (exact) mass is 321 g/mol. The van der Waals surface area contributed by atoms with Crippen molar-refractivity contribution in [3.8, 4) is 0 Å². The Labute approximate surface area is 132 Å². The van der Waals surface area contributed by atoms with Gasteiger partial charge < -0.3 is 5.32 Å². The smallest absolute Gasteiger partial charge is 0.225 e. The summed E-state index contributed by atoms with van der Waals surface area (Å²) in [5.74, 6) is 0.782. The van der Waals surface area contributed by atoms with Crippen LogP contribution in [-0.4, -0.2) is 19.7 Å². The third-order valence-electron chi connectivity index (χ3n) is 3.55. The molecule has 3 aromatic rings. The Morgan fingerprint density at radius 2 is 2.19 bits per heavy atom. The third-order valence-corrected chi connectivity index (χ3v) is 4.89. The van der Waals surface area contributed by atoms with E-state index in [-0.39, 0.29) is 5.28 Å². The molecule has 0 radical (unpaired) electrons. The fraction of sp³-hybridized carbons (Fsp3) is 0.357. The van der Waals surface area contributed by atoms with E-state index in [0.717, 1.165) is 33.7 Å². The topological polar surface area (TPSA) is 55.6 Å². The van der Waals surface area contributed by atoms with Gasteiger partial charge in [0.1, 0.15) is 10.6 Å². The second kappa shape index (κ2) is 5.61. The Morgan fingerprint density at radius 3 is 2.86 bits per heavy atom. The second-order valence-corrected chi connectivity index (χ2v) is 6.31. The van der Waals surface area contributed by atoms with E-state index in [1.54, 1.807) is 11.3 Å². The molecule has 0 spiro atoms. The number of fused-ring (bicyclic) bond motifs is 1. The molecule has 3 rings (SSSR count). The summed E-state index contributed by atoms with van der Waals surface area (Å²) < 4.78 is 1.86. The van der Waals surface area contributed by atoms with Gasteiger partial charge in [0.05, 0.1) is 11.6 Å². The van der Waals surface area contributed by atoms with Crippen LogP contribution >= 0.6 is 22.9 Å². The summed E-state index contributed by atoms with van der Waals surface area (Å²) in [6.45, 7) is 4.84. The van der Waals surface area contributed by atoms with E-state index in [1.807, 2.05) is 24.9 Å². The van der Waals surface area contributed by atoms with E-state index < -0.39 is 0 Å². The Bertz CT molecular complexity index is 792. The molecular formula is C14H16ClN5S. The van der Waals surface area contributed by atoms with Gasteiger partial charge in [-0.15, -0.1) is 11.3 Å². The minimum Gasteiger partial charge on any atom is -0.365 e. The minimum atomic E-state index is 0.275. The van der Waals surface area contributed by atoms with Gasteiger partial charge in [0.25, 0.3) is 0 Å². The average molecular weight is 322 g/mol. The van der Waals surface area contributed by atoms with Crippen LogP contribution in [0.15, 0.2) is 12.3 Å². The molecule has 3 heterocycles. The predicted molar refractivity (Wildman–Crippen MR) is 87.1 cm³/mol. The first-order valence-electron chi connectivity index (χ1n) is 6.75. The molecule has 0 saturated carbocycles. The van der Waals surface area contributed by atoms with Gasteiger partial charge in [-0.1, -0.05) is 6.92 Å². The van der Waals surface area contributed by atoms with Crippen LogP contribution in [0.2, 0.25) is 5.28 Å². The maximum atomic E-state index is 6.02. The lowest BCUT2D eigenvalue weighted by molar-refractivity contribution is 0.738. The lowest BCUT2D eigenvalue weighted by Gasteiger charge is -2.06. The standard InChI is InChI=1S/C14H16ClN5S/c1-4-10-5-11-12(18-14(15)19-13(11)21-10)16-6-9-7-17-20(3)8(9)2/h5,7H,4,6H2,1-3H3,(H,16,18,19). The lowest BCUT2D eigenvalue weighted by Crippen LogP contribution is -2.04. The highest BCUT2D eigenvalue weighted by Gasteiger charge is 2.11. The van der Waals surface area contributed by atoms with Crippen molar-refractivity contribution < 1.29 is 0 Å². The summed E-state index contributed by atoms with van der Waals surface area (Å²) in [4.78, 5) is 10.8. The van der Waals surface area contributed by atoms with Gasteiger partial charge in [0.15, 0.2) is 0 Å². The number of rotatable bonds is 4. The minimum absolute atomic E-state index is 0.275. The molecule has 5 nitrogen and oxygen atoms in total. The van der Waals surface area contributed by atoms with Gasteiger partial charge in [-0.25, -0.2) is 9.97 Å². The Morgan fingerprint density at radius 1 is 1.38 bits per heavy atom. The quantitative estimate of drug-likeness (QED) is 0.746. The van der Waals surface area contributed by atoms with Crippen LogP contribution in [0.4, 0.5) is 5.82 Å². The van der Waals surface area contributed by atoms with Gasteiger partial charge in [-0.2, -0.15) is 5.10 Å². The van der Waals surface area contributed by atoms with Crippen molar-refractivity contribution in [2.45, 2.75) is 26.8 Å². The van der Waals surface area contributed by atoms with Crippen LogP contribution in [0, 0.1) is 6.92 Å². The molecule has 21 heavy (non-hydrogen) atoms. The molecule has 0 amide bonds. The number of halogens is 1. The first kappa shape index (κ1) is 14.3. The van der Waals surface area contributed by atoms with E-state index in [0.29, 0.717) is 6.54 Å². The average Bonchev–Trinajstić information content (AvgIpc) is 3.01. The van der Waals surface area contributed by atoms with E-state index in [1.165, 1.54) is 4.88 Å². The normalized spacial score (nSPS) is 11.2. The van der Waals surface area contributed by atoms with E-state index in [2.05, 4.69) is 33.4 Å². The van der Waals surface area contributed by atoms with Crippen LogP contribution < -0.4 is 5.32 Å². The van der Waals surface area contributed by atoms with E-state index >= 15 is 0 Å². The molecule has 0 unspecified atom stereocenters. The third kappa shape index (κ3) is 2.73. The number of hydrogen-bond donors (Lipinski definition) is 1. The van der Waals surface area contributed by atoms with Crippen LogP contribution in [0.3, 0.4) is 0 Å². The van der Waals surface area contributed by atoms with Crippen molar-refractivity contribution in [3.05, 3.63) is 33.7 Å². The molecule has 0 fully saturated rings. The lowest BCUT2D eigenvalue weighted by atomic mass is 10.2. The first-order valence-corrected chi connectivity index (χ1v) is 7.95. The van der Waals surface area contributed by atoms with Gasteiger partial charge in [0, 0.05) is 29.7 Å². The van der Waals surface area contributed by atoms with Crippen LogP contribution in [0.25, 0.3) is 10.2 Å². The molecule has 0 atom stereocenters. The van der Waals surface area contributed by atoms with Crippen molar-refractivity contribution >= 4 is 39.0 Å². The Balaban J connectivity index is 1.92. The fourth-order valence-corrected chi connectivity index (χ4v) is 3.34. The summed E-state index contributed by atoms with van der Waals surface area (Å²) in [6.07, 6.45) is 2.85. The van der Waals surface area contributed by atoms with Crippen LogP contribution in [-0.2, 0) is 20.0 Å². The van der Waals surface area contributed by atoms with Gasteiger partial charge in [-0.05, 0) is 31.0 Å². The van der Waals surface area contributed by atoms with Crippen molar-refractivity contribution in [3.63, 3.8) is 0 Å². The molecule has 0 aliphatic carbocycles. The largest absolute Gasteiger partial charge is 0.365 e. The number of nitrogens with one attached hydrogen (secondary N) is 1. The van der Waals surface area contributed by atoms with Gasteiger partial charge >= 0.3 is 0 Å². The summed E-state index contributed by atoms with van der Waals surface area (Å²) in [5, 5.41) is 8.91. The molecule has 110 valence electrons. The number of aromatic nitrogens is 4. The number of thiophene rings is 1. The molecule has 0 saturated heterocycles. The van der Waals surface area contributed by atoms with E-state index in [9.17, 15) is 0 Å². The molecule has 0 aliphatic rings. The van der Waals surface area contributed by atoms with Crippen molar-refractivity contribution in [2.24, 2.45) is 7.05 Å². The molecule has 3 aromatic heterocycles. The predicted octanol–water partition coefficient (Wildman–Crippen LogP) is 3.56. The second-order valence-electron chi connectivity index (χ2n) is 4.86. The summed E-state index contributed by atoms with van der Waals surface area (Å²) in [5.41, 5.74) is 2.28. The molecular weight excluding hydrogens is 306 g/mol. The Kier molecular flexibility index (Phi) is 3.82. The molecule has 1 N–H and O–H groups in total. The number of anilines is 1. The highest BCUT2D eigenvalue weighted by molar-refractivity contribution is 7.18. The maximum absolute atomic E-state index is 6.02. The van der Waals surface area contributed by atoms with Crippen molar-refractivity contribution in [1.82, 2.24) is 19.7 Å². The summed E-state index contributed by atoms with van der Waals surface area (Å²) in [7, 11) is 1.94. The number of aryl methyl sites for hydroxylation is 2. The SMILES string of the molecule is CCc1cc2c(NCc3cnn(C)c3C)nc(Cl)nc2s1. The zero-order valence-electron chi connectivity index (χ0n) is 12.1. The van der Waals surface area contributed by atoms with Crippen molar-refractivity contribution in [1.29, 1.82) is 0 Å². The van der Waals surface area contributed by atoms with Crippen molar-refractivity contribution in [2.75, 3.05) is 5.32 Å². The zero-order valence-corrected chi connectivity index (χ0v) is 13.7. The zero-order chi connectivity index (χ0) is 15.0. The summed E-state index contributed by atoms with van der Waals surface area (Å²) >= 11 is 7.68. The van der Waals surface area contributed by atoms with Crippen LogP contribution in [0.5, 0.6) is 0 Å². The van der Waals surface area contributed by atoms with Gasteiger partial charge in [-0.3, -0.25) is 4.68 Å². The number of nitrogens with zero attached hydrogens (tertiary/aromatic N) is 4. The van der Waals surface area contributed by atoms with Gasteiger partial charge in [0.2, 0.25) is 5.28 Å². The highest BCUT2D eigenvalue weighted by Crippen LogP contribution is 2.30. The molecule has 0 aliphatic heterocycles. The first-order chi connectivity index (χ1) is 10.1. The highest BCUT2D eigenvalue weighted by atomic mass is 35.5. The molecule has 7 heteroatoms. The maximum Gasteiger partial charge on any atom is 0.225 e. The Hall–Kier alpha value is -1.66. The fourth-order valence-electron chi connectivity index (χ4n) is 2.15. The molecule has 0 aromatic carbocycles. The van der Waals surface area contributed by atoms with E-state index in [4.69, 9.17) is 11.6 Å². The molecule has 0 bridgehead atoms. The summed E-state index contributed by atoms with van der Waals surface area (Å²) in [6, 6.07) is 2.13. The number of hydrogen-bond acceptors (Lipinski definition) is 5.